The van der Waals surface area contributed by atoms with Crippen molar-refractivity contribution in [1.29, 1.82) is 0 Å². The lowest BCUT2D eigenvalue weighted by atomic mass is 9.82. The number of hydrogen-bond acceptors (Lipinski definition) is 12. The standard InChI is InChI=1S/2C26H32F2N2O5S.4C2H6/c2*1-33-23-11-10-19(15-25(23)35-3)36(31,32)30(18-12-13-29-16-18)26-17(6-4-9-24(26)34-2)14-20-21(27)7-5-8-22(20)28;4*1-2/h5,7-11,15,17-18,26,29H,4,6,12-14,16H2,1-3H3;5-8,10-11,15,18,24,26,29H,4,9,12-14,16H2,1-3H3;4*1-2H3/t17-,18-,26+;18-,24+,26-;;;;/m00..../s1. The van der Waals surface area contributed by atoms with Crippen LogP contribution < -0.4 is 29.6 Å². The molecule has 6 atom stereocenters. The highest BCUT2D eigenvalue weighted by atomic mass is 32.2. The third kappa shape index (κ3) is 16.5. The predicted octanol–water partition coefficient (Wildman–Crippen LogP) is 11.7. The predicted molar refractivity (Wildman–Crippen MR) is 309 cm³/mol. The number of halogens is 4. The van der Waals surface area contributed by atoms with E-state index in [4.69, 9.17) is 28.4 Å². The van der Waals surface area contributed by atoms with Crippen molar-refractivity contribution in [1.82, 2.24) is 19.2 Å². The van der Waals surface area contributed by atoms with E-state index in [1.165, 1.54) is 105 Å². The van der Waals surface area contributed by atoms with Gasteiger partial charge in [-0.05, 0) is 124 Å². The quantitative estimate of drug-likeness (QED) is 0.0720. The molecule has 0 unspecified atom stereocenters. The van der Waals surface area contributed by atoms with Gasteiger partial charge in [0, 0.05) is 62.0 Å². The zero-order valence-corrected chi connectivity index (χ0v) is 51.0. The summed E-state index contributed by atoms with van der Waals surface area (Å²) in [6.45, 7) is 18.2. The third-order valence-corrected chi connectivity index (χ3v) is 17.8. The number of sulfonamides is 2. The van der Waals surface area contributed by atoms with E-state index in [2.05, 4.69) is 10.6 Å². The van der Waals surface area contributed by atoms with Gasteiger partial charge in [0.1, 0.15) is 29.0 Å². The Balaban J connectivity index is 0.000000374. The molecule has 2 aliphatic carbocycles. The highest BCUT2D eigenvalue weighted by Gasteiger charge is 2.47. The van der Waals surface area contributed by atoms with Gasteiger partial charge in [0.2, 0.25) is 20.0 Å². The molecule has 2 saturated heterocycles. The van der Waals surface area contributed by atoms with Crippen molar-refractivity contribution in [2.75, 3.05) is 68.8 Å². The molecule has 4 aromatic rings. The Labute approximate surface area is 475 Å². The minimum absolute atomic E-state index is 0.0436. The van der Waals surface area contributed by atoms with Crippen LogP contribution in [0.2, 0.25) is 0 Å². The lowest BCUT2D eigenvalue weighted by molar-refractivity contribution is 0.0360. The van der Waals surface area contributed by atoms with Gasteiger partial charge < -0.3 is 39.1 Å². The van der Waals surface area contributed by atoms with Crippen LogP contribution in [-0.2, 0) is 42.4 Å². The van der Waals surface area contributed by atoms with Crippen molar-refractivity contribution in [3.05, 3.63) is 131 Å². The maximum atomic E-state index is 14.6. The second-order valence-electron chi connectivity index (χ2n) is 17.9. The van der Waals surface area contributed by atoms with Gasteiger partial charge in [-0.1, -0.05) is 73.6 Å². The number of hydrogen-bond donors (Lipinski definition) is 2. The number of benzene rings is 4. The van der Waals surface area contributed by atoms with E-state index in [1.807, 2.05) is 67.5 Å². The summed E-state index contributed by atoms with van der Waals surface area (Å²) in [5.74, 6) is -1.11. The zero-order valence-electron chi connectivity index (χ0n) is 49.3. The molecule has 4 aliphatic rings. The largest absolute Gasteiger partial charge is 0.500 e. The van der Waals surface area contributed by atoms with Crippen LogP contribution in [0.4, 0.5) is 17.6 Å². The summed E-state index contributed by atoms with van der Waals surface area (Å²) in [5.41, 5.74) is 0.490. The van der Waals surface area contributed by atoms with Gasteiger partial charge in [-0.15, -0.1) is 0 Å². The average Bonchev–Trinajstić information content (AvgIpc) is 4.26. The van der Waals surface area contributed by atoms with Crippen molar-refractivity contribution >= 4 is 20.0 Å². The van der Waals surface area contributed by atoms with Gasteiger partial charge in [-0.25, -0.2) is 34.4 Å². The fourth-order valence-electron chi connectivity index (χ4n) is 10.4. The molecule has 4 aromatic carbocycles. The highest BCUT2D eigenvalue weighted by Crippen LogP contribution is 2.41. The fraction of sp³-hybridized carbons (Fsp3) is 0.533. The summed E-state index contributed by atoms with van der Waals surface area (Å²) in [4.78, 5) is 0.0906. The zero-order chi connectivity index (χ0) is 59.7. The first kappa shape index (κ1) is 69.1. The molecule has 0 aromatic heterocycles. The van der Waals surface area contributed by atoms with Crippen molar-refractivity contribution < 1.29 is 62.8 Å². The second-order valence-corrected chi connectivity index (χ2v) is 21.6. The average molecular weight is 1170 g/mol. The molecular weight excluding hydrogens is 1080 g/mol. The first-order valence-corrected chi connectivity index (χ1v) is 30.7. The van der Waals surface area contributed by atoms with Crippen molar-refractivity contribution in [2.24, 2.45) is 5.92 Å². The van der Waals surface area contributed by atoms with Crippen LogP contribution in [0.15, 0.2) is 106 Å². The summed E-state index contributed by atoms with van der Waals surface area (Å²) in [7, 11) is 0.722. The van der Waals surface area contributed by atoms with Gasteiger partial charge in [-0.3, -0.25) is 0 Å². The molecule has 20 heteroatoms. The van der Waals surface area contributed by atoms with Crippen molar-refractivity contribution in [3.63, 3.8) is 0 Å². The molecule has 0 bridgehead atoms. The van der Waals surface area contributed by atoms with E-state index >= 15 is 0 Å². The maximum Gasteiger partial charge on any atom is 0.244 e. The van der Waals surface area contributed by atoms with Crippen molar-refractivity contribution in [3.8, 4) is 23.0 Å². The van der Waals surface area contributed by atoms with Gasteiger partial charge in [-0.2, -0.15) is 8.61 Å². The Bertz CT molecular complexity index is 2670. The van der Waals surface area contributed by atoms with E-state index in [9.17, 15) is 34.4 Å². The first-order valence-electron chi connectivity index (χ1n) is 27.9. The van der Waals surface area contributed by atoms with Crippen LogP contribution in [0.1, 0.15) is 105 Å². The van der Waals surface area contributed by atoms with Gasteiger partial charge in [0.25, 0.3) is 0 Å². The Morgan fingerprint density at radius 1 is 0.512 bits per heavy atom. The monoisotopic (exact) mass is 1160 g/mol. The molecular formula is C60H88F4N4O10S2. The van der Waals surface area contributed by atoms with Gasteiger partial charge in [0.05, 0.1) is 63.5 Å². The molecule has 2 fully saturated rings. The molecule has 2 N–H and O–H groups in total. The number of methoxy groups -OCH3 is 6. The molecule has 0 amide bonds. The topological polar surface area (TPSA) is 154 Å². The summed E-state index contributed by atoms with van der Waals surface area (Å²) in [6, 6.07) is 14.3. The number of rotatable bonds is 18. The van der Waals surface area contributed by atoms with Crippen molar-refractivity contribution in [2.45, 2.75) is 147 Å². The van der Waals surface area contributed by atoms with Crippen LogP contribution in [-0.4, -0.2) is 125 Å². The molecule has 0 spiro atoms. The number of nitrogens with zero attached hydrogens (tertiary/aromatic N) is 2. The second kappa shape index (κ2) is 34.3. The van der Waals surface area contributed by atoms with E-state index in [0.29, 0.717) is 99.0 Å². The lowest BCUT2D eigenvalue weighted by Crippen LogP contribution is -2.55. The third-order valence-electron chi connectivity index (χ3n) is 13.9. The van der Waals surface area contributed by atoms with Crippen LogP contribution in [0, 0.1) is 29.2 Å². The fourth-order valence-corrected chi connectivity index (χ4v) is 14.1. The van der Waals surface area contributed by atoms with Crippen LogP contribution in [0.3, 0.4) is 0 Å². The number of nitrogens with one attached hydrogen (secondary N) is 2. The van der Waals surface area contributed by atoms with E-state index in [0.717, 1.165) is 0 Å². The molecule has 8 rings (SSSR count). The van der Waals surface area contributed by atoms with Crippen LogP contribution in [0.25, 0.3) is 0 Å². The maximum absolute atomic E-state index is 14.6. The lowest BCUT2D eigenvalue weighted by Gasteiger charge is -2.42. The van der Waals surface area contributed by atoms with E-state index in [1.54, 1.807) is 19.2 Å². The van der Waals surface area contributed by atoms with E-state index in [-0.39, 0.29) is 45.8 Å². The highest BCUT2D eigenvalue weighted by molar-refractivity contribution is 7.89. The van der Waals surface area contributed by atoms with Gasteiger partial charge in [0.15, 0.2) is 23.0 Å². The Hall–Kier alpha value is -5.22. The SMILES string of the molecule is CC.CC.CC.CC.COC1=CCC[C@@H](Cc2c(F)cccc2F)[C@H]1N([C@H]1CCNC1)S(=O)(=O)c1ccc(OC)c(OC)c1.COc1ccc(S(=O)(=O)N([C@H]2CCNC2)[C@H]2C(Cc3c(F)cccc3F)=CCC[C@H]2OC)cc1OC. The number of allylic oxidation sites excluding steroid dienone is 2. The summed E-state index contributed by atoms with van der Waals surface area (Å²) >= 11 is 0. The molecule has 2 heterocycles. The Kier molecular flexibility index (Phi) is 29.6. The minimum atomic E-state index is -4.08. The Morgan fingerprint density at radius 3 is 1.34 bits per heavy atom. The molecule has 2 aliphatic heterocycles. The first-order chi connectivity index (χ1) is 38.6. The summed E-state index contributed by atoms with van der Waals surface area (Å²) in [6.07, 6.45) is 6.86. The summed E-state index contributed by atoms with van der Waals surface area (Å²) < 4.78 is 151. The normalized spacial score (nSPS) is 20.5. The molecule has 14 nitrogen and oxygen atoms in total. The smallest absolute Gasteiger partial charge is 0.244 e. The van der Waals surface area contributed by atoms with Crippen LogP contribution >= 0.6 is 0 Å². The molecule has 80 heavy (non-hydrogen) atoms. The van der Waals surface area contributed by atoms with E-state index < -0.39 is 67.4 Å². The number of ether oxygens (including phenoxy) is 6. The molecule has 0 radical (unpaired) electrons. The molecule has 0 saturated carbocycles. The Morgan fingerprint density at radius 2 is 0.938 bits per heavy atom. The van der Waals surface area contributed by atoms with Gasteiger partial charge >= 0.3 is 0 Å². The molecule has 448 valence electrons. The van der Waals surface area contributed by atoms with Crippen LogP contribution in [0.5, 0.6) is 23.0 Å². The summed E-state index contributed by atoms with van der Waals surface area (Å²) in [5, 5.41) is 6.48. The minimum Gasteiger partial charge on any atom is -0.500 e.